The molecular weight excluding hydrogens is 480 g/mol. The van der Waals surface area contributed by atoms with Gasteiger partial charge in [0.15, 0.2) is 0 Å². The SMILES string of the molecule is Cc1cccc(C2C=CC=C(NC(=O)c3ccc(OC4=C(C#N)CC5C(=C4)OCCC5C(=O)O)cc3)C2)c1. The summed E-state index contributed by atoms with van der Waals surface area (Å²) in [6.45, 7) is 2.39. The quantitative estimate of drug-likeness (QED) is 0.531. The summed E-state index contributed by atoms with van der Waals surface area (Å²) < 4.78 is 11.7. The number of carbonyl (C=O) groups is 2. The molecule has 7 heteroatoms. The van der Waals surface area contributed by atoms with Crippen LogP contribution in [0, 0.1) is 30.1 Å². The van der Waals surface area contributed by atoms with Crippen LogP contribution in [-0.2, 0) is 9.53 Å². The van der Waals surface area contributed by atoms with E-state index in [1.165, 1.54) is 11.1 Å². The zero-order chi connectivity index (χ0) is 26.6. The number of benzene rings is 2. The summed E-state index contributed by atoms with van der Waals surface area (Å²) in [6.07, 6.45) is 9.03. The first-order valence-corrected chi connectivity index (χ1v) is 12.6. The van der Waals surface area contributed by atoms with E-state index >= 15 is 0 Å². The van der Waals surface area contributed by atoms with Gasteiger partial charge in [0.25, 0.3) is 5.91 Å². The van der Waals surface area contributed by atoms with Crippen LogP contribution in [0.5, 0.6) is 5.75 Å². The van der Waals surface area contributed by atoms with E-state index < -0.39 is 11.9 Å². The number of nitriles is 1. The summed E-state index contributed by atoms with van der Waals surface area (Å²) in [7, 11) is 0. The summed E-state index contributed by atoms with van der Waals surface area (Å²) in [5, 5.41) is 22.2. The van der Waals surface area contributed by atoms with Gasteiger partial charge in [-0.15, -0.1) is 0 Å². The van der Waals surface area contributed by atoms with Gasteiger partial charge < -0.3 is 19.9 Å². The highest BCUT2D eigenvalue weighted by atomic mass is 16.5. The van der Waals surface area contributed by atoms with Gasteiger partial charge in [-0.2, -0.15) is 5.26 Å². The number of aryl methyl sites for hydroxylation is 1. The highest BCUT2D eigenvalue weighted by Crippen LogP contribution is 2.40. The molecule has 0 saturated carbocycles. The number of carboxylic acid groups (broad SMARTS) is 1. The highest BCUT2D eigenvalue weighted by molar-refractivity contribution is 5.95. The van der Waals surface area contributed by atoms with E-state index in [2.05, 4.69) is 42.6 Å². The molecule has 3 atom stereocenters. The number of aliphatic carboxylic acids is 1. The third-order valence-electron chi connectivity index (χ3n) is 7.17. The number of hydrogen-bond donors (Lipinski definition) is 2. The van der Waals surface area contributed by atoms with Gasteiger partial charge >= 0.3 is 5.97 Å². The molecule has 0 bridgehead atoms. The molecular formula is C31H28N2O5. The van der Waals surface area contributed by atoms with E-state index in [1.807, 2.05) is 18.2 Å². The molecule has 3 aliphatic rings. The summed E-state index contributed by atoms with van der Waals surface area (Å²) in [5.41, 5.74) is 4.13. The van der Waals surface area contributed by atoms with Crippen molar-refractivity contribution in [1.29, 1.82) is 5.26 Å². The minimum atomic E-state index is -0.884. The molecule has 3 unspecified atom stereocenters. The Morgan fingerprint density at radius 2 is 1.97 bits per heavy atom. The lowest BCUT2D eigenvalue weighted by Gasteiger charge is -2.33. The Hall–Kier alpha value is -4.57. The molecule has 0 spiro atoms. The van der Waals surface area contributed by atoms with Crippen LogP contribution in [0.2, 0.25) is 0 Å². The van der Waals surface area contributed by atoms with E-state index in [0.29, 0.717) is 47.9 Å². The van der Waals surface area contributed by atoms with Crippen molar-refractivity contribution >= 4 is 11.9 Å². The second kappa shape index (κ2) is 10.8. The first-order chi connectivity index (χ1) is 18.4. The molecule has 38 heavy (non-hydrogen) atoms. The molecule has 1 fully saturated rings. The van der Waals surface area contributed by atoms with Crippen LogP contribution in [0.3, 0.4) is 0 Å². The summed E-state index contributed by atoms with van der Waals surface area (Å²) in [6, 6.07) is 17.2. The van der Waals surface area contributed by atoms with Crippen LogP contribution in [0.1, 0.15) is 46.7 Å². The second-order valence-corrected chi connectivity index (χ2v) is 9.78. The van der Waals surface area contributed by atoms with Crippen molar-refractivity contribution in [3.05, 3.63) is 112 Å². The number of amides is 1. The van der Waals surface area contributed by atoms with Gasteiger partial charge in [-0.25, -0.2) is 0 Å². The molecule has 2 aromatic carbocycles. The predicted molar refractivity (Wildman–Crippen MR) is 141 cm³/mol. The van der Waals surface area contributed by atoms with Crippen molar-refractivity contribution in [1.82, 2.24) is 5.32 Å². The van der Waals surface area contributed by atoms with Crippen molar-refractivity contribution in [3.8, 4) is 11.8 Å². The Balaban J connectivity index is 1.24. The number of ether oxygens (including phenoxy) is 2. The van der Waals surface area contributed by atoms with Crippen LogP contribution in [0.25, 0.3) is 0 Å². The van der Waals surface area contributed by atoms with Crippen molar-refractivity contribution in [3.63, 3.8) is 0 Å². The standard InChI is InChI=1S/C31H28N2O5/c1-19-4-2-5-21(14-19)22-6-3-7-24(15-22)33-30(34)20-8-10-25(11-9-20)38-28-17-29-27(16-23(28)18-32)26(31(35)36)12-13-37-29/h2-11,14,17,22,26-27H,12-13,15-16H2,1H3,(H,33,34)(H,35,36). The van der Waals surface area contributed by atoms with Gasteiger partial charge in [-0.05, 0) is 62.1 Å². The minimum absolute atomic E-state index is 0.205. The molecule has 2 N–H and O–H groups in total. The van der Waals surface area contributed by atoms with Gasteiger partial charge in [0, 0.05) is 29.2 Å². The Morgan fingerprint density at radius 1 is 1.16 bits per heavy atom. The molecule has 1 aliphatic heterocycles. The van der Waals surface area contributed by atoms with Gasteiger partial charge in [0.05, 0.1) is 24.2 Å². The average molecular weight is 509 g/mol. The first-order valence-electron chi connectivity index (χ1n) is 12.6. The van der Waals surface area contributed by atoms with E-state index in [-0.39, 0.29) is 24.2 Å². The first kappa shape index (κ1) is 25.1. The van der Waals surface area contributed by atoms with Crippen molar-refractivity contribution in [2.24, 2.45) is 11.8 Å². The summed E-state index contributed by atoms with van der Waals surface area (Å²) in [5.74, 6) is -0.512. The van der Waals surface area contributed by atoms with Crippen LogP contribution in [-0.4, -0.2) is 23.6 Å². The third kappa shape index (κ3) is 5.40. The molecule has 192 valence electrons. The van der Waals surface area contributed by atoms with Crippen LogP contribution >= 0.6 is 0 Å². The van der Waals surface area contributed by atoms with Crippen LogP contribution in [0.4, 0.5) is 0 Å². The smallest absolute Gasteiger partial charge is 0.307 e. The van der Waals surface area contributed by atoms with E-state index in [1.54, 1.807) is 30.3 Å². The normalized spacial score (nSPS) is 22.3. The topological polar surface area (TPSA) is 109 Å². The number of fused-ring (bicyclic) bond motifs is 1. The van der Waals surface area contributed by atoms with Gasteiger partial charge in [-0.3, -0.25) is 9.59 Å². The Bertz CT molecular complexity index is 1420. The van der Waals surface area contributed by atoms with Crippen LogP contribution in [0.15, 0.2) is 95.6 Å². The molecule has 2 aliphatic carbocycles. The molecule has 0 radical (unpaired) electrons. The predicted octanol–water partition coefficient (Wildman–Crippen LogP) is 5.53. The number of rotatable bonds is 6. The average Bonchev–Trinajstić information content (AvgIpc) is 2.92. The summed E-state index contributed by atoms with van der Waals surface area (Å²) in [4.78, 5) is 24.5. The fourth-order valence-electron chi connectivity index (χ4n) is 5.15. The molecule has 1 heterocycles. The van der Waals surface area contributed by atoms with Crippen molar-refractivity contribution in [2.75, 3.05) is 6.61 Å². The number of carboxylic acids is 1. The minimum Gasteiger partial charge on any atom is -0.497 e. The van der Waals surface area contributed by atoms with E-state index in [4.69, 9.17) is 9.47 Å². The number of nitrogens with one attached hydrogen (secondary N) is 1. The molecule has 2 aromatic rings. The maximum atomic E-state index is 12.9. The zero-order valence-corrected chi connectivity index (χ0v) is 21.0. The van der Waals surface area contributed by atoms with Gasteiger partial charge in [-0.1, -0.05) is 42.0 Å². The number of hydrogen-bond acceptors (Lipinski definition) is 5. The summed E-state index contributed by atoms with van der Waals surface area (Å²) >= 11 is 0. The van der Waals surface area contributed by atoms with Gasteiger partial charge in [0.1, 0.15) is 17.3 Å². The lowest BCUT2D eigenvalue weighted by Crippen LogP contribution is -2.33. The lowest BCUT2D eigenvalue weighted by molar-refractivity contribution is -0.146. The molecule has 5 rings (SSSR count). The lowest BCUT2D eigenvalue weighted by atomic mass is 9.79. The number of nitrogens with zero attached hydrogens (tertiary/aromatic N) is 1. The van der Waals surface area contributed by atoms with E-state index in [0.717, 1.165) is 5.70 Å². The zero-order valence-electron chi connectivity index (χ0n) is 21.0. The molecule has 0 aromatic heterocycles. The van der Waals surface area contributed by atoms with Gasteiger partial charge in [0.2, 0.25) is 0 Å². The monoisotopic (exact) mass is 508 g/mol. The fourth-order valence-corrected chi connectivity index (χ4v) is 5.15. The molecule has 1 amide bonds. The number of allylic oxidation sites excluding steroid dienone is 7. The van der Waals surface area contributed by atoms with Crippen LogP contribution < -0.4 is 10.1 Å². The Kier molecular flexibility index (Phi) is 7.14. The van der Waals surface area contributed by atoms with E-state index in [9.17, 15) is 20.0 Å². The fraction of sp³-hybridized carbons (Fsp3) is 0.258. The highest BCUT2D eigenvalue weighted by Gasteiger charge is 2.39. The molecule has 7 nitrogen and oxygen atoms in total. The maximum absolute atomic E-state index is 12.9. The third-order valence-corrected chi connectivity index (χ3v) is 7.17. The second-order valence-electron chi connectivity index (χ2n) is 9.78. The molecule has 1 saturated heterocycles. The largest absolute Gasteiger partial charge is 0.497 e. The number of carbonyl (C=O) groups excluding carboxylic acids is 1. The Labute approximate surface area is 221 Å². The van der Waals surface area contributed by atoms with Crippen molar-refractivity contribution in [2.45, 2.75) is 32.1 Å². The van der Waals surface area contributed by atoms with Crippen molar-refractivity contribution < 1.29 is 24.2 Å². The Morgan fingerprint density at radius 3 is 2.71 bits per heavy atom. The maximum Gasteiger partial charge on any atom is 0.307 e.